The van der Waals surface area contributed by atoms with E-state index in [-0.39, 0.29) is 24.5 Å². The molecule has 0 unspecified atom stereocenters. The van der Waals surface area contributed by atoms with Crippen LogP contribution in [-0.2, 0) is 22.6 Å². The quantitative estimate of drug-likeness (QED) is 0.786. The zero-order chi connectivity index (χ0) is 20.2. The number of fused-ring (bicyclic) bond motifs is 1. The highest BCUT2D eigenvalue weighted by Crippen LogP contribution is 2.30. The van der Waals surface area contributed by atoms with Crippen LogP contribution in [0.1, 0.15) is 49.3 Å². The third-order valence-electron chi connectivity index (χ3n) is 5.50. The molecular weight excluding hydrogens is 370 g/mol. The summed E-state index contributed by atoms with van der Waals surface area (Å²) in [7, 11) is 0. The molecule has 0 radical (unpaired) electrons. The second kappa shape index (κ2) is 8.55. The maximum atomic E-state index is 12.8. The molecule has 0 saturated carbocycles. The number of aromatic nitrogens is 3. The number of carbonyl (C=O) groups is 2. The van der Waals surface area contributed by atoms with E-state index in [4.69, 9.17) is 9.72 Å². The molecule has 0 aliphatic carbocycles. The number of piperidine rings is 1. The van der Waals surface area contributed by atoms with E-state index in [1.807, 2.05) is 17.2 Å². The summed E-state index contributed by atoms with van der Waals surface area (Å²) >= 11 is 0. The first-order chi connectivity index (χ1) is 14.1. The highest BCUT2D eigenvalue weighted by molar-refractivity contribution is 5.78. The Labute approximate surface area is 169 Å². The van der Waals surface area contributed by atoms with E-state index in [1.54, 1.807) is 30.2 Å². The Balaban J connectivity index is 1.47. The van der Waals surface area contributed by atoms with E-state index < -0.39 is 0 Å². The number of nitrogens with zero attached hydrogens (tertiary/aromatic N) is 5. The van der Waals surface area contributed by atoms with Crippen molar-refractivity contribution in [2.75, 3.05) is 19.7 Å². The molecule has 8 heteroatoms. The standard InChI is InChI=1S/C21H25N5O3/c1-15(27)25-11-8-17-16(13-25)12-23-21(24-17)18-6-3-5-10-26(18)20(28)14-29-19-7-2-4-9-22-19/h2,4,7,9,12,18H,3,5-6,8,10-11,13-14H2,1H3/t18-/m0/s1. The first kappa shape index (κ1) is 19.3. The molecule has 4 rings (SSSR count). The van der Waals surface area contributed by atoms with Gasteiger partial charge >= 0.3 is 0 Å². The van der Waals surface area contributed by atoms with Crippen LogP contribution in [-0.4, -0.2) is 56.3 Å². The average molecular weight is 395 g/mol. The summed E-state index contributed by atoms with van der Waals surface area (Å²) in [6.07, 6.45) is 7.01. The van der Waals surface area contributed by atoms with Crippen molar-refractivity contribution in [1.29, 1.82) is 0 Å². The number of carbonyl (C=O) groups excluding carboxylic acids is 2. The van der Waals surface area contributed by atoms with Gasteiger partial charge in [0.25, 0.3) is 5.91 Å². The third kappa shape index (κ3) is 4.36. The minimum Gasteiger partial charge on any atom is -0.468 e. The summed E-state index contributed by atoms with van der Waals surface area (Å²) in [6.45, 7) is 3.43. The fraction of sp³-hybridized carbons (Fsp3) is 0.476. The molecule has 2 amide bonds. The fourth-order valence-corrected chi connectivity index (χ4v) is 3.91. The SMILES string of the molecule is CC(=O)N1CCc2nc([C@@H]3CCCCN3C(=O)COc3ccccn3)ncc2C1. The average Bonchev–Trinajstić information content (AvgIpc) is 2.77. The van der Waals surface area contributed by atoms with Crippen LogP contribution in [0.15, 0.2) is 30.6 Å². The van der Waals surface area contributed by atoms with E-state index in [2.05, 4.69) is 9.97 Å². The zero-order valence-corrected chi connectivity index (χ0v) is 16.6. The van der Waals surface area contributed by atoms with Crippen LogP contribution in [0.4, 0.5) is 0 Å². The maximum Gasteiger partial charge on any atom is 0.261 e. The molecule has 0 aromatic carbocycles. The van der Waals surface area contributed by atoms with Gasteiger partial charge in [0.15, 0.2) is 12.4 Å². The molecule has 4 heterocycles. The highest BCUT2D eigenvalue weighted by atomic mass is 16.5. The van der Waals surface area contributed by atoms with Crippen LogP contribution >= 0.6 is 0 Å². The lowest BCUT2D eigenvalue weighted by Crippen LogP contribution is -2.42. The van der Waals surface area contributed by atoms with Gasteiger partial charge in [0.05, 0.1) is 11.7 Å². The molecule has 152 valence electrons. The van der Waals surface area contributed by atoms with Crippen LogP contribution in [0.2, 0.25) is 0 Å². The Bertz CT molecular complexity index is 889. The largest absolute Gasteiger partial charge is 0.468 e. The monoisotopic (exact) mass is 395 g/mol. The van der Waals surface area contributed by atoms with E-state index >= 15 is 0 Å². The van der Waals surface area contributed by atoms with Gasteiger partial charge in [-0.05, 0) is 25.3 Å². The lowest BCUT2D eigenvalue weighted by atomic mass is 10.00. The van der Waals surface area contributed by atoms with Crippen molar-refractivity contribution < 1.29 is 14.3 Å². The number of amides is 2. The molecule has 1 saturated heterocycles. The van der Waals surface area contributed by atoms with Crippen molar-refractivity contribution in [2.24, 2.45) is 0 Å². The molecule has 0 spiro atoms. The minimum absolute atomic E-state index is 0.0496. The zero-order valence-electron chi connectivity index (χ0n) is 16.6. The molecule has 0 bridgehead atoms. The normalized spacial score (nSPS) is 18.9. The molecule has 0 N–H and O–H groups in total. The summed E-state index contributed by atoms with van der Waals surface area (Å²) in [5.41, 5.74) is 1.97. The van der Waals surface area contributed by atoms with Gasteiger partial charge in [0.1, 0.15) is 0 Å². The molecule has 2 aromatic heterocycles. The number of hydrogen-bond acceptors (Lipinski definition) is 6. The molecule has 1 fully saturated rings. The van der Waals surface area contributed by atoms with Crippen LogP contribution in [0.5, 0.6) is 5.88 Å². The Morgan fingerprint density at radius 2 is 2.10 bits per heavy atom. The van der Waals surface area contributed by atoms with Crippen LogP contribution < -0.4 is 4.74 Å². The Kier molecular flexibility index (Phi) is 5.69. The van der Waals surface area contributed by atoms with Gasteiger partial charge in [-0.3, -0.25) is 9.59 Å². The maximum absolute atomic E-state index is 12.8. The van der Waals surface area contributed by atoms with Gasteiger partial charge in [-0.2, -0.15) is 0 Å². The number of rotatable bonds is 4. The van der Waals surface area contributed by atoms with Crippen molar-refractivity contribution in [3.63, 3.8) is 0 Å². The number of likely N-dealkylation sites (tertiary alicyclic amines) is 1. The minimum atomic E-state index is -0.139. The molecule has 2 aliphatic rings. The summed E-state index contributed by atoms with van der Waals surface area (Å²) in [6, 6.07) is 5.22. The second-order valence-corrected chi connectivity index (χ2v) is 7.45. The first-order valence-corrected chi connectivity index (χ1v) is 10.1. The van der Waals surface area contributed by atoms with E-state index in [0.717, 1.165) is 30.5 Å². The van der Waals surface area contributed by atoms with Crippen molar-refractivity contribution in [2.45, 2.75) is 45.2 Å². The molecule has 1 atom stereocenters. The summed E-state index contributed by atoms with van der Waals surface area (Å²) in [4.78, 5) is 41.5. The van der Waals surface area contributed by atoms with Gasteiger partial charge in [-0.1, -0.05) is 6.07 Å². The lowest BCUT2D eigenvalue weighted by Gasteiger charge is -2.35. The molecular formula is C21H25N5O3. The molecule has 2 aromatic rings. The van der Waals surface area contributed by atoms with Crippen molar-refractivity contribution in [3.8, 4) is 5.88 Å². The smallest absolute Gasteiger partial charge is 0.261 e. The van der Waals surface area contributed by atoms with E-state index in [0.29, 0.717) is 37.8 Å². The molecule has 29 heavy (non-hydrogen) atoms. The summed E-state index contributed by atoms with van der Waals surface area (Å²) in [5.74, 6) is 1.11. The number of hydrogen-bond donors (Lipinski definition) is 0. The van der Waals surface area contributed by atoms with Gasteiger partial charge in [-0.25, -0.2) is 15.0 Å². The van der Waals surface area contributed by atoms with Crippen LogP contribution in [0.25, 0.3) is 0 Å². The summed E-state index contributed by atoms with van der Waals surface area (Å²) in [5, 5.41) is 0. The highest BCUT2D eigenvalue weighted by Gasteiger charge is 2.31. The lowest BCUT2D eigenvalue weighted by molar-refractivity contribution is -0.137. The van der Waals surface area contributed by atoms with Gasteiger partial charge in [-0.15, -0.1) is 0 Å². The Hall–Kier alpha value is -3.03. The Morgan fingerprint density at radius 3 is 2.90 bits per heavy atom. The second-order valence-electron chi connectivity index (χ2n) is 7.45. The number of ether oxygens (including phenoxy) is 1. The Morgan fingerprint density at radius 1 is 1.21 bits per heavy atom. The van der Waals surface area contributed by atoms with Crippen LogP contribution in [0.3, 0.4) is 0 Å². The van der Waals surface area contributed by atoms with Crippen LogP contribution in [0, 0.1) is 0 Å². The van der Waals surface area contributed by atoms with Gasteiger partial charge < -0.3 is 14.5 Å². The predicted octanol–water partition coefficient (Wildman–Crippen LogP) is 1.91. The summed E-state index contributed by atoms with van der Waals surface area (Å²) < 4.78 is 5.55. The van der Waals surface area contributed by atoms with Crippen molar-refractivity contribution in [1.82, 2.24) is 24.8 Å². The predicted molar refractivity (Wildman–Crippen MR) is 105 cm³/mol. The first-order valence-electron chi connectivity index (χ1n) is 10.1. The number of pyridine rings is 1. The van der Waals surface area contributed by atoms with Gasteiger partial charge in [0, 0.05) is 57.0 Å². The van der Waals surface area contributed by atoms with Crippen molar-refractivity contribution >= 4 is 11.8 Å². The fourth-order valence-electron chi connectivity index (χ4n) is 3.91. The third-order valence-corrected chi connectivity index (χ3v) is 5.50. The molecule has 2 aliphatic heterocycles. The molecule has 8 nitrogen and oxygen atoms in total. The topological polar surface area (TPSA) is 88.5 Å². The van der Waals surface area contributed by atoms with Gasteiger partial charge in [0.2, 0.25) is 11.8 Å². The van der Waals surface area contributed by atoms with E-state index in [1.165, 1.54) is 0 Å². The van der Waals surface area contributed by atoms with Crippen molar-refractivity contribution in [3.05, 3.63) is 47.7 Å². The van der Waals surface area contributed by atoms with E-state index in [9.17, 15) is 9.59 Å².